The Labute approximate surface area is 101 Å². The average molecular weight is 235 g/mol. The van der Waals surface area contributed by atoms with Gasteiger partial charge in [-0.2, -0.15) is 0 Å². The highest BCUT2D eigenvalue weighted by Crippen LogP contribution is 2.25. The monoisotopic (exact) mass is 235 g/mol. The van der Waals surface area contributed by atoms with E-state index in [9.17, 15) is 4.79 Å². The van der Waals surface area contributed by atoms with E-state index >= 15 is 0 Å². The van der Waals surface area contributed by atoms with Crippen molar-refractivity contribution in [3.8, 4) is 0 Å². The second-order valence-corrected chi connectivity index (χ2v) is 4.39. The van der Waals surface area contributed by atoms with E-state index in [1.165, 1.54) is 7.11 Å². The van der Waals surface area contributed by atoms with Crippen LogP contribution >= 0.6 is 0 Å². The summed E-state index contributed by atoms with van der Waals surface area (Å²) in [6.07, 6.45) is 1.15. The number of esters is 1. The molecule has 1 unspecified atom stereocenters. The molecule has 0 amide bonds. The number of epoxide rings is 1. The van der Waals surface area contributed by atoms with Crippen molar-refractivity contribution in [1.29, 1.82) is 0 Å². The molecule has 1 aliphatic heterocycles. The van der Waals surface area contributed by atoms with Crippen LogP contribution in [-0.4, -0.2) is 39.9 Å². The largest absolute Gasteiger partial charge is 0.465 e. The molecule has 2 rings (SSSR count). The number of methoxy groups -OCH3 is 1. The summed E-state index contributed by atoms with van der Waals surface area (Å²) in [5.41, 5.74) is 2.84. The summed E-state index contributed by atoms with van der Waals surface area (Å²) in [5.74, 6) is -0.298. The van der Waals surface area contributed by atoms with Gasteiger partial charge in [0.25, 0.3) is 0 Å². The predicted octanol–water partition coefficient (Wildman–Crippen LogP) is 1.48. The third kappa shape index (κ3) is 2.77. The summed E-state index contributed by atoms with van der Waals surface area (Å²) in [7, 11) is 5.38. The summed E-state index contributed by atoms with van der Waals surface area (Å²) in [6, 6.07) is 5.63. The Hall–Kier alpha value is -1.55. The van der Waals surface area contributed by atoms with Crippen LogP contribution in [0, 0.1) is 0 Å². The Morgan fingerprint density at radius 1 is 1.53 bits per heavy atom. The third-order valence-corrected chi connectivity index (χ3v) is 2.83. The maximum absolute atomic E-state index is 11.5. The average Bonchev–Trinajstić information content (AvgIpc) is 3.11. The molecule has 4 nitrogen and oxygen atoms in total. The molecule has 0 spiro atoms. The fourth-order valence-electron chi connectivity index (χ4n) is 1.86. The molecule has 1 saturated heterocycles. The molecule has 1 aromatic rings. The smallest absolute Gasteiger partial charge is 0.337 e. The van der Waals surface area contributed by atoms with Crippen molar-refractivity contribution in [1.82, 2.24) is 0 Å². The molecule has 92 valence electrons. The van der Waals surface area contributed by atoms with Crippen molar-refractivity contribution in [2.24, 2.45) is 0 Å². The van der Waals surface area contributed by atoms with E-state index in [2.05, 4.69) is 0 Å². The van der Waals surface area contributed by atoms with Gasteiger partial charge in [0.05, 0.1) is 25.4 Å². The molecule has 4 heteroatoms. The number of nitrogens with zero attached hydrogens (tertiary/aromatic N) is 1. The Balaban J connectivity index is 2.30. The summed E-state index contributed by atoms with van der Waals surface area (Å²) in [4.78, 5) is 13.5. The predicted molar refractivity (Wildman–Crippen MR) is 65.6 cm³/mol. The number of hydrogen-bond acceptors (Lipinski definition) is 4. The summed E-state index contributed by atoms with van der Waals surface area (Å²) in [5, 5.41) is 0. The molecule has 0 N–H and O–H groups in total. The van der Waals surface area contributed by atoms with E-state index in [0.717, 1.165) is 24.3 Å². The van der Waals surface area contributed by atoms with Crippen molar-refractivity contribution < 1.29 is 14.3 Å². The van der Waals surface area contributed by atoms with Gasteiger partial charge in [-0.25, -0.2) is 4.79 Å². The van der Waals surface area contributed by atoms with Crippen LogP contribution in [0.1, 0.15) is 15.9 Å². The lowest BCUT2D eigenvalue weighted by molar-refractivity contribution is 0.0600. The molecule has 0 radical (unpaired) electrons. The summed E-state index contributed by atoms with van der Waals surface area (Å²) < 4.78 is 9.97. The number of carbonyl (C=O) groups excluding carboxylic acids is 1. The topological polar surface area (TPSA) is 42.1 Å². The minimum absolute atomic E-state index is 0.298. The van der Waals surface area contributed by atoms with Crippen LogP contribution in [0.2, 0.25) is 0 Å². The number of benzene rings is 1. The molecule has 1 fully saturated rings. The highest BCUT2D eigenvalue weighted by molar-refractivity contribution is 5.90. The van der Waals surface area contributed by atoms with Crippen molar-refractivity contribution in [3.63, 3.8) is 0 Å². The van der Waals surface area contributed by atoms with Crippen molar-refractivity contribution in [3.05, 3.63) is 29.3 Å². The zero-order valence-electron chi connectivity index (χ0n) is 10.4. The maximum Gasteiger partial charge on any atom is 0.337 e. The molecule has 17 heavy (non-hydrogen) atoms. The van der Waals surface area contributed by atoms with Crippen LogP contribution in [0.25, 0.3) is 0 Å². The highest BCUT2D eigenvalue weighted by atomic mass is 16.6. The summed E-state index contributed by atoms with van der Waals surface area (Å²) in [6.45, 7) is 0.815. The standard InChI is InChI=1S/C13H17NO3/c1-14(2)12-5-4-9(13(15)16-3)6-10(12)7-11-8-17-11/h4-6,11H,7-8H2,1-3H3. The first kappa shape index (κ1) is 11.9. The molecule has 1 atom stereocenters. The van der Waals surface area contributed by atoms with Crippen LogP contribution in [0.5, 0.6) is 0 Å². The van der Waals surface area contributed by atoms with Gasteiger partial charge in [-0.05, 0) is 23.8 Å². The van der Waals surface area contributed by atoms with E-state index in [1.54, 1.807) is 6.07 Å². The van der Waals surface area contributed by atoms with Gasteiger partial charge in [-0.3, -0.25) is 0 Å². The van der Waals surface area contributed by atoms with E-state index in [4.69, 9.17) is 9.47 Å². The van der Waals surface area contributed by atoms with E-state index in [0.29, 0.717) is 11.7 Å². The molecule has 0 saturated carbocycles. The fourth-order valence-corrected chi connectivity index (χ4v) is 1.86. The normalized spacial score (nSPS) is 17.7. The van der Waals surface area contributed by atoms with Gasteiger partial charge in [0.2, 0.25) is 0 Å². The lowest BCUT2D eigenvalue weighted by Gasteiger charge is -2.17. The van der Waals surface area contributed by atoms with Gasteiger partial charge < -0.3 is 14.4 Å². The Kier molecular flexibility index (Phi) is 3.33. The van der Waals surface area contributed by atoms with Crippen LogP contribution in [0.15, 0.2) is 18.2 Å². The molecule has 0 aromatic heterocycles. The first-order valence-electron chi connectivity index (χ1n) is 5.62. The zero-order chi connectivity index (χ0) is 12.4. The minimum atomic E-state index is -0.298. The van der Waals surface area contributed by atoms with Gasteiger partial charge in [0.1, 0.15) is 0 Å². The molecule has 0 aliphatic carbocycles. The number of anilines is 1. The SMILES string of the molecule is COC(=O)c1ccc(N(C)C)c(CC2CO2)c1. The van der Waals surface area contributed by atoms with Crippen LogP contribution in [-0.2, 0) is 15.9 Å². The number of hydrogen-bond donors (Lipinski definition) is 0. The highest BCUT2D eigenvalue weighted by Gasteiger charge is 2.24. The van der Waals surface area contributed by atoms with Gasteiger partial charge in [0, 0.05) is 26.2 Å². The second-order valence-electron chi connectivity index (χ2n) is 4.39. The van der Waals surface area contributed by atoms with E-state index in [1.807, 2.05) is 31.1 Å². The third-order valence-electron chi connectivity index (χ3n) is 2.83. The molecule has 1 aliphatic rings. The lowest BCUT2D eigenvalue weighted by atomic mass is 10.0. The number of carbonyl (C=O) groups is 1. The van der Waals surface area contributed by atoms with Crippen molar-refractivity contribution in [2.75, 3.05) is 32.7 Å². The van der Waals surface area contributed by atoms with E-state index in [-0.39, 0.29) is 5.97 Å². The Morgan fingerprint density at radius 3 is 2.76 bits per heavy atom. The molecular weight excluding hydrogens is 218 g/mol. The zero-order valence-corrected chi connectivity index (χ0v) is 10.4. The molecule has 1 aromatic carbocycles. The molecular formula is C13H17NO3. The van der Waals surface area contributed by atoms with Gasteiger partial charge in [-0.15, -0.1) is 0 Å². The quantitative estimate of drug-likeness (QED) is 0.585. The van der Waals surface area contributed by atoms with Gasteiger partial charge in [-0.1, -0.05) is 0 Å². The fraction of sp³-hybridized carbons (Fsp3) is 0.462. The number of rotatable bonds is 4. The summed E-state index contributed by atoms with van der Waals surface area (Å²) >= 11 is 0. The molecule has 0 bridgehead atoms. The van der Waals surface area contributed by atoms with Gasteiger partial charge in [0.15, 0.2) is 0 Å². The van der Waals surface area contributed by atoms with Crippen LogP contribution in [0.4, 0.5) is 5.69 Å². The van der Waals surface area contributed by atoms with Crippen LogP contribution in [0.3, 0.4) is 0 Å². The van der Waals surface area contributed by atoms with Crippen LogP contribution < -0.4 is 4.90 Å². The first-order valence-corrected chi connectivity index (χ1v) is 5.62. The lowest BCUT2D eigenvalue weighted by Crippen LogP contribution is -2.13. The Morgan fingerprint density at radius 2 is 2.24 bits per heavy atom. The first-order chi connectivity index (χ1) is 8.11. The van der Waals surface area contributed by atoms with Gasteiger partial charge >= 0.3 is 5.97 Å². The molecule has 1 heterocycles. The maximum atomic E-state index is 11.5. The van der Waals surface area contributed by atoms with Crippen molar-refractivity contribution >= 4 is 11.7 Å². The Bertz CT molecular complexity index is 425. The second kappa shape index (κ2) is 4.75. The van der Waals surface area contributed by atoms with Crippen molar-refractivity contribution in [2.45, 2.75) is 12.5 Å². The number of ether oxygens (including phenoxy) is 2. The minimum Gasteiger partial charge on any atom is -0.465 e. The van der Waals surface area contributed by atoms with E-state index < -0.39 is 0 Å².